The number of nitrogens with zero attached hydrogens (tertiary/aromatic N) is 1. The minimum atomic E-state index is -0.777. The normalized spacial score (nSPS) is 12.0. The Hall–Kier alpha value is -2.07. The van der Waals surface area contributed by atoms with Crippen molar-refractivity contribution in [3.63, 3.8) is 0 Å². The lowest BCUT2D eigenvalue weighted by molar-refractivity contribution is 0.214. The number of ether oxygens (including phenoxy) is 2. The molecule has 1 heterocycles. The molecule has 1 aromatic heterocycles. The molecule has 0 bridgehead atoms. The second-order valence-corrected chi connectivity index (χ2v) is 4.74. The highest BCUT2D eigenvalue weighted by molar-refractivity contribution is 5.45. The largest absolute Gasteiger partial charge is 0.490 e. The Morgan fingerprint density at radius 3 is 2.38 bits per heavy atom. The fourth-order valence-electron chi connectivity index (χ4n) is 2.05. The third kappa shape index (κ3) is 3.73. The average molecular weight is 287 g/mol. The van der Waals surface area contributed by atoms with Crippen LogP contribution in [0.4, 0.5) is 0 Å². The van der Waals surface area contributed by atoms with Crippen LogP contribution in [0.3, 0.4) is 0 Å². The van der Waals surface area contributed by atoms with Crippen LogP contribution >= 0.6 is 0 Å². The Labute approximate surface area is 125 Å². The van der Waals surface area contributed by atoms with E-state index in [1.54, 1.807) is 12.3 Å². The standard InChI is InChI=1S/C17H21NO3/c1-4-20-15-9-7-13(10-16(15)21-5-2)17(19)14-8-6-12(3)11-18-14/h6-11,17,19H,4-5H2,1-3H3. The molecule has 1 unspecified atom stereocenters. The van der Waals surface area contributed by atoms with Crippen molar-refractivity contribution in [1.29, 1.82) is 0 Å². The van der Waals surface area contributed by atoms with E-state index in [0.29, 0.717) is 30.4 Å². The van der Waals surface area contributed by atoms with Crippen LogP contribution in [-0.4, -0.2) is 23.3 Å². The van der Waals surface area contributed by atoms with Crippen molar-refractivity contribution >= 4 is 0 Å². The lowest BCUT2D eigenvalue weighted by Crippen LogP contribution is -2.04. The number of aliphatic hydroxyl groups is 1. The fraction of sp³-hybridized carbons (Fsp3) is 0.353. The second kappa shape index (κ2) is 7.09. The van der Waals surface area contributed by atoms with E-state index >= 15 is 0 Å². The van der Waals surface area contributed by atoms with Gasteiger partial charge < -0.3 is 14.6 Å². The smallest absolute Gasteiger partial charge is 0.161 e. The Morgan fingerprint density at radius 1 is 1.05 bits per heavy atom. The van der Waals surface area contributed by atoms with E-state index in [1.807, 2.05) is 45.0 Å². The first kappa shape index (κ1) is 15.3. The zero-order chi connectivity index (χ0) is 15.2. The number of benzene rings is 1. The molecule has 1 N–H and O–H groups in total. The van der Waals surface area contributed by atoms with Gasteiger partial charge in [0.05, 0.1) is 18.9 Å². The van der Waals surface area contributed by atoms with Gasteiger partial charge in [0.25, 0.3) is 0 Å². The van der Waals surface area contributed by atoms with Gasteiger partial charge >= 0.3 is 0 Å². The second-order valence-electron chi connectivity index (χ2n) is 4.74. The molecule has 0 aliphatic heterocycles. The zero-order valence-electron chi connectivity index (χ0n) is 12.7. The Kier molecular flexibility index (Phi) is 5.17. The van der Waals surface area contributed by atoms with E-state index < -0.39 is 6.10 Å². The Balaban J connectivity index is 2.30. The van der Waals surface area contributed by atoms with Crippen LogP contribution in [0.5, 0.6) is 11.5 Å². The van der Waals surface area contributed by atoms with Crippen LogP contribution in [0.15, 0.2) is 36.5 Å². The minimum Gasteiger partial charge on any atom is -0.490 e. The molecule has 4 heteroatoms. The first-order chi connectivity index (χ1) is 10.2. The van der Waals surface area contributed by atoms with Crippen molar-refractivity contribution in [2.45, 2.75) is 26.9 Å². The van der Waals surface area contributed by atoms with E-state index in [4.69, 9.17) is 9.47 Å². The van der Waals surface area contributed by atoms with Crippen molar-refractivity contribution in [1.82, 2.24) is 4.98 Å². The summed E-state index contributed by atoms with van der Waals surface area (Å²) >= 11 is 0. The topological polar surface area (TPSA) is 51.6 Å². The SMILES string of the molecule is CCOc1ccc(C(O)c2ccc(C)cn2)cc1OCC. The molecule has 0 radical (unpaired) electrons. The van der Waals surface area contributed by atoms with E-state index in [1.165, 1.54) is 0 Å². The lowest BCUT2D eigenvalue weighted by atomic mass is 10.0. The van der Waals surface area contributed by atoms with Crippen LogP contribution in [0.1, 0.15) is 36.8 Å². The molecule has 0 saturated carbocycles. The lowest BCUT2D eigenvalue weighted by Gasteiger charge is -2.15. The molecular formula is C17H21NO3. The van der Waals surface area contributed by atoms with Gasteiger partial charge in [-0.05, 0) is 50.1 Å². The van der Waals surface area contributed by atoms with Gasteiger partial charge in [-0.25, -0.2) is 0 Å². The van der Waals surface area contributed by atoms with Crippen molar-refractivity contribution in [3.05, 3.63) is 53.3 Å². The summed E-state index contributed by atoms with van der Waals surface area (Å²) < 4.78 is 11.1. The fourth-order valence-corrected chi connectivity index (χ4v) is 2.05. The number of pyridine rings is 1. The number of aliphatic hydroxyl groups excluding tert-OH is 1. The van der Waals surface area contributed by atoms with E-state index in [-0.39, 0.29) is 0 Å². The monoisotopic (exact) mass is 287 g/mol. The third-order valence-corrected chi connectivity index (χ3v) is 3.10. The van der Waals surface area contributed by atoms with E-state index in [0.717, 1.165) is 11.1 Å². The summed E-state index contributed by atoms with van der Waals surface area (Å²) in [7, 11) is 0. The van der Waals surface area contributed by atoms with Crippen LogP contribution in [0.25, 0.3) is 0 Å². The summed E-state index contributed by atoms with van der Waals surface area (Å²) in [5.41, 5.74) is 2.41. The van der Waals surface area contributed by atoms with Gasteiger partial charge in [-0.1, -0.05) is 12.1 Å². The van der Waals surface area contributed by atoms with Crippen LogP contribution < -0.4 is 9.47 Å². The number of aromatic nitrogens is 1. The Morgan fingerprint density at radius 2 is 1.76 bits per heavy atom. The van der Waals surface area contributed by atoms with Crippen molar-refractivity contribution in [2.24, 2.45) is 0 Å². The summed E-state index contributed by atoms with van der Waals surface area (Å²) in [6.07, 6.45) is 0.969. The molecule has 2 aromatic rings. The highest BCUT2D eigenvalue weighted by Crippen LogP contribution is 2.32. The molecule has 0 spiro atoms. The molecule has 0 aliphatic carbocycles. The minimum absolute atomic E-state index is 0.544. The quantitative estimate of drug-likeness (QED) is 0.886. The average Bonchev–Trinajstić information content (AvgIpc) is 2.49. The van der Waals surface area contributed by atoms with E-state index in [9.17, 15) is 5.11 Å². The van der Waals surface area contributed by atoms with Crippen LogP contribution in [-0.2, 0) is 0 Å². The first-order valence-corrected chi connectivity index (χ1v) is 7.15. The maximum absolute atomic E-state index is 10.4. The molecule has 1 atom stereocenters. The molecule has 1 aromatic carbocycles. The van der Waals surface area contributed by atoms with Crippen molar-refractivity contribution < 1.29 is 14.6 Å². The summed E-state index contributed by atoms with van der Waals surface area (Å²) in [5.74, 6) is 1.33. The van der Waals surface area contributed by atoms with E-state index in [2.05, 4.69) is 4.98 Å². The van der Waals surface area contributed by atoms with Gasteiger partial charge in [0.1, 0.15) is 6.10 Å². The van der Waals surface area contributed by atoms with Crippen molar-refractivity contribution in [2.75, 3.05) is 13.2 Å². The number of hydrogen-bond donors (Lipinski definition) is 1. The highest BCUT2D eigenvalue weighted by Gasteiger charge is 2.15. The predicted molar refractivity (Wildman–Crippen MR) is 81.8 cm³/mol. The zero-order valence-corrected chi connectivity index (χ0v) is 12.7. The molecular weight excluding hydrogens is 266 g/mol. The van der Waals surface area contributed by atoms with Gasteiger partial charge in [0.2, 0.25) is 0 Å². The van der Waals surface area contributed by atoms with Crippen molar-refractivity contribution in [3.8, 4) is 11.5 Å². The molecule has 112 valence electrons. The number of aryl methyl sites for hydroxylation is 1. The number of hydrogen-bond acceptors (Lipinski definition) is 4. The van der Waals surface area contributed by atoms with Gasteiger partial charge in [-0.3, -0.25) is 4.98 Å². The number of rotatable bonds is 6. The molecule has 0 amide bonds. The van der Waals surface area contributed by atoms with Gasteiger partial charge in [-0.2, -0.15) is 0 Å². The van der Waals surface area contributed by atoms with Gasteiger partial charge in [0, 0.05) is 6.20 Å². The first-order valence-electron chi connectivity index (χ1n) is 7.15. The van der Waals surface area contributed by atoms with Gasteiger partial charge in [-0.15, -0.1) is 0 Å². The Bertz CT molecular complexity index is 581. The molecule has 4 nitrogen and oxygen atoms in total. The van der Waals surface area contributed by atoms with Crippen LogP contribution in [0, 0.1) is 6.92 Å². The molecule has 0 aliphatic rings. The molecule has 0 saturated heterocycles. The summed E-state index contributed by atoms with van der Waals surface area (Å²) in [6.45, 7) is 6.92. The summed E-state index contributed by atoms with van der Waals surface area (Å²) in [6, 6.07) is 9.22. The predicted octanol–water partition coefficient (Wildman–Crippen LogP) is 3.27. The van der Waals surface area contributed by atoms with Crippen LogP contribution in [0.2, 0.25) is 0 Å². The highest BCUT2D eigenvalue weighted by atomic mass is 16.5. The summed E-state index contributed by atoms with van der Waals surface area (Å²) in [5, 5.41) is 10.4. The third-order valence-electron chi connectivity index (χ3n) is 3.10. The maximum Gasteiger partial charge on any atom is 0.161 e. The molecule has 2 rings (SSSR count). The molecule has 0 fully saturated rings. The van der Waals surface area contributed by atoms with Gasteiger partial charge in [0.15, 0.2) is 11.5 Å². The summed E-state index contributed by atoms with van der Waals surface area (Å²) in [4.78, 5) is 4.27. The maximum atomic E-state index is 10.4. The molecule has 21 heavy (non-hydrogen) atoms.